The second-order valence-corrected chi connectivity index (χ2v) is 5.60. The van der Waals surface area contributed by atoms with Crippen molar-refractivity contribution in [1.29, 1.82) is 0 Å². The second-order valence-electron chi connectivity index (χ2n) is 5.60. The van der Waals surface area contributed by atoms with Gasteiger partial charge in [-0.25, -0.2) is 9.18 Å². The number of benzene rings is 1. The minimum atomic E-state index is -0.550. The van der Waals surface area contributed by atoms with Gasteiger partial charge >= 0.3 is 6.03 Å². The average molecular weight is 280 g/mol. The molecule has 0 radical (unpaired) electrons. The Kier molecular flexibility index (Phi) is 4.60. The Bertz CT molecular complexity index is 491. The van der Waals surface area contributed by atoms with Crippen molar-refractivity contribution in [2.24, 2.45) is 5.92 Å². The lowest BCUT2D eigenvalue weighted by Gasteiger charge is -2.18. The Balaban J connectivity index is 1.88. The van der Waals surface area contributed by atoms with Crippen molar-refractivity contribution in [3.63, 3.8) is 0 Å². The number of carbonyl (C=O) groups excluding carboxylic acids is 1. The molecule has 3 N–H and O–H groups in total. The highest BCUT2D eigenvalue weighted by atomic mass is 19.1. The standard InChI is InChI=1S/C15H21FN2O2/c1-9(2)14(19)8-17-15(20)18-13-6-3-10-7-11(16)4-5-12(10)13/h4-5,7,9,13-14,19H,3,6,8H2,1-2H3,(H2,17,18,20). The van der Waals surface area contributed by atoms with Gasteiger partial charge in [0.05, 0.1) is 12.1 Å². The number of carbonyl (C=O) groups is 1. The summed E-state index contributed by atoms with van der Waals surface area (Å²) in [5, 5.41) is 15.2. The first-order valence-electron chi connectivity index (χ1n) is 6.98. The van der Waals surface area contributed by atoms with Gasteiger partial charge in [0.15, 0.2) is 0 Å². The molecule has 0 bridgehead atoms. The van der Waals surface area contributed by atoms with E-state index in [4.69, 9.17) is 0 Å². The fourth-order valence-corrected chi connectivity index (χ4v) is 2.38. The number of nitrogens with one attached hydrogen (secondary N) is 2. The number of aryl methyl sites for hydroxylation is 1. The molecule has 2 amide bonds. The number of aliphatic hydroxyl groups excluding tert-OH is 1. The fourth-order valence-electron chi connectivity index (χ4n) is 2.38. The highest BCUT2D eigenvalue weighted by molar-refractivity contribution is 5.74. The highest BCUT2D eigenvalue weighted by Crippen LogP contribution is 2.31. The molecule has 1 aliphatic rings. The van der Waals surface area contributed by atoms with Crippen molar-refractivity contribution in [2.45, 2.75) is 38.8 Å². The van der Waals surface area contributed by atoms with Crippen LogP contribution >= 0.6 is 0 Å². The van der Waals surface area contributed by atoms with Crippen LogP contribution < -0.4 is 10.6 Å². The molecular formula is C15H21FN2O2. The van der Waals surface area contributed by atoms with Crippen molar-refractivity contribution < 1.29 is 14.3 Å². The molecule has 0 saturated carbocycles. The molecular weight excluding hydrogens is 259 g/mol. The number of hydrogen-bond acceptors (Lipinski definition) is 2. The molecule has 110 valence electrons. The molecule has 0 spiro atoms. The van der Waals surface area contributed by atoms with Gasteiger partial charge in [-0.15, -0.1) is 0 Å². The quantitative estimate of drug-likeness (QED) is 0.791. The van der Waals surface area contributed by atoms with Crippen LogP contribution in [0.25, 0.3) is 0 Å². The van der Waals surface area contributed by atoms with Gasteiger partial charge in [0.25, 0.3) is 0 Å². The Morgan fingerprint density at radius 1 is 1.50 bits per heavy atom. The number of urea groups is 1. The van der Waals surface area contributed by atoms with Gasteiger partial charge in [-0.2, -0.15) is 0 Å². The molecule has 0 aromatic heterocycles. The Morgan fingerprint density at radius 3 is 2.95 bits per heavy atom. The molecule has 20 heavy (non-hydrogen) atoms. The maximum absolute atomic E-state index is 13.1. The first-order valence-corrected chi connectivity index (χ1v) is 6.98. The maximum atomic E-state index is 13.1. The van der Waals surface area contributed by atoms with Gasteiger partial charge in [-0.05, 0) is 42.0 Å². The van der Waals surface area contributed by atoms with Crippen LogP contribution in [0.5, 0.6) is 0 Å². The van der Waals surface area contributed by atoms with Gasteiger partial charge < -0.3 is 15.7 Å². The first-order chi connectivity index (χ1) is 9.47. The summed E-state index contributed by atoms with van der Waals surface area (Å²) < 4.78 is 13.1. The summed E-state index contributed by atoms with van der Waals surface area (Å²) in [5.74, 6) is -0.139. The Labute approximate surface area is 118 Å². The van der Waals surface area contributed by atoms with E-state index in [1.165, 1.54) is 12.1 Å². The van der Waals surface area contributed by atoms with Gasteiger partial charge in [-0.1, -0.05) is 19.9 Å². The van der Waals surface area contributed by atoms with Gasteiger partial charge in [0.1, 0.15) is 5.82 Å². The number of amides is 2. The molecule has 5 heteroatoms. The van der Waals surface area contributed by atoms with Crippen molar-refractivity contribution in [3.05, 3.63) is 35.1 Å². The van der Waals surface area contributed by atoms with E-state index in [-0.39, 0.29) is 30.4 Å². The van der Waals surface area contributed by atoms with Crippen LogP contribution in [0.3, 0.4) is 0 Å². The van der Waals surface area contributed by atoms with Crippen LogP contribution in [-0.4, -0.2) is 23.8 Å². The summed E-state index contributed by atoms with van der Waals surface area (Å²) >= 11 is 0. The third-order valence-corrected chi connectivity index (χ3v) is 3.73. The Morgan fingerprint density at radius 2 is 2.25 bits per heavy atom. The van der Waals surface area contributed by atoms with E-state index in [1.54, 1.807) is 6.07 Å². The van der Waals surface area contributed by atoms with Crippen LogP contribution in [0, 0.1) is 11.7 Å². The lowest BCUT2D eigenvalue weighted by Crippen LogP contribution is -2.42. The molecule has 1 aromatic carbocycles. The zero-order valence-electron chi connectivity index (χ0n) is 11.8. The van der Waals surface area contributed by atoms with Gasteiger partial charge in [-0.3, -0.25) is 0 Å². The number of halogens is 1. The largest absolute Gasteiger partial charge is 0.391 e. The molecule has 2 atom stereocenters. The van der Waals surface area contributed by atoms with E-state index in [0.29, 0.717) is 0 Å². The van der Waals surface area contributed by atoms with Crippen molar-refractivity contribution in [2.75, 3.05) is 6.54 Å². The molecule has 2 rings (SSSR count). The van der Waals surface area contributed by atoms with Gasteiger partial charge in [0, 0.05) is 6.54 Å². The Hall–Kier alpha value is -1.62. The molecule has 0 saturated heterocycles. The van der Waals surface area contributed by atoms with E-state index in [2.05, 4.69) is 10.6 Å². The molecule has 4 nitrogen and oxygen atoms in total. The monoisotopic (exact) mass is 280 g/mol. The summed E-state index contributed by atoms with van der Waals surface area (Å²) in [7, 11) is 0. The number of hydrogen-bond donors (Lipinski definition) is 3. The predicted molar refractivity (Wildman–Crippen MR) is 74.8 cm³/mol. The molecule has 0 fully saturated rings. The third-order valence-electron chi connectivity index (χ3n) is 3.73. The lowest BCUT2D eigenvalue weighted by atomic mass is 10.1. The first kappa shape index (κ1) is 14.8. The SMILES string of the molecule is CC(C)C(O)CNC(=O)NC1CCc2cc(F)ccc21. The zero-order chi connectivity index (χ0) is 14.7. The highest BCUT2D eigenvalue weighted by Gasteiger charge is 2.24. The normalized spacial score (nSPS) is 18.8. The summed E-state index contributed by atoms with van der Waals surface area (Å²) in [6, 6.07) is 4.29. The van der Waals surface area contributed by atoms with Crippen molar-refractivity contribution >= 4 is 6.03 Å². The third kappa shape index (κ3) is 3.48. The number of rotatable bonds is 4. The topological polar surface area (TPSA) is 61.4 Å². The molecule has 1 aliphatic carbocycles. The average Bonchev–Trinajstić information content (AvgIpc) is 2.78. The van der Waals surface area contributed by atoms with E-state index < -0.39 is 6.10 Å². The molecule has 2 unspecified atom stereocenters. The predicted octanol–water partition coefficient (Wildman–Crippen LogP) is 2.13. The summed E-state index contributed by atoms with van der Waals surface area (Å²) in [5.41, 5.74) is 1.93. The minimum absolute atomic E-state index is 0.0817. The van der Waals surface area contributed by atoms with Crippen molar-refractivity contribution in [1.82, 2.24) is 10.6 Å². The number of aliphatic hydroxyl groups is 1. The minimum Gasteiger partial charge on any atom is -0.391 e. The van der Waals surface area contributed by atoms with Crippen LogP contribution in [-0.2, 0) is 6.42 Å². The van der Waals surface area contributed by atoms with E-state index in [9.17, 15) is 14.3 Å². The fraction of sp³-hybridized carbons (Fsp3) is 0.533. The zero-order valence-corrected chi connectivity index (χ0v) is 11.8. The molecule has 0 heterocycles. The number of fused-ring (bicyclic) bond motifs is 1. The van der Waals surface area contributed by atoms with Crippen LogP contribution in [0.1, 0.15) is 37.4 Å². The van der Waals surface area contributed by atoms with E-state index in [1.807, 2.05) is 13.8 Å². The summed E-state index contributed by atoms with van der Waals surface area (Å²) in [6.07, 6.45) is 0.997. The van der Waals surface area contributed by atoms with E-state index >= 15 is 0 Å². The molecule has 1 aromatic rings. The lowest BCUT2D eigenvalue weighted by molar-refractivity contribution is 0.124. The smallest absolute Gasteiger partial charge is 0.315 e. The maximum Gasteiger partial charge on any atom is 0.315 e. The summed E-state index contributed by atoms with van der Waals surface area (Å²) in [4.78, 5) is 11.8. The summed E-state index contributed by atoms with van der Waals surface area (Å²) in [6.45, 7) is 4.02. The van der Waals surface area contributed by atoms with Gasteiger partial charge in [0.2, 0.25) is 0 Å². The van der Waals surface area contributed by atoms with E-state index in [0.717, 1.165) is 24.0 Å². The molecule has 0 aliphatic heterocycles. The van der Waals surface area contributed by atoms with Crippen LogP contribution in [0.2, 0.25) is 0 Å². The van der Waals surface area contributed by atoms with Crippen LogP contribution in [0.4, 0.5) is 9.18 Å². The van der Waals surface area contributed by atoms with Crippen molar-refractivity contribution in [3.8, 4) is 0 Å². The second kappa shape index (κ2) is 6.22. The van der Waals surface area contributed by atoms with Crippen LogP contribution in [0.15, 0.2) is 18.2 Å².